The molecule has 1 aromatic rings. The summed E-state index contributed by atoms with van der Waals surface area (Å²) in [6.07, 6.45) is 4.57. The smallest absolute Gasteiger partial charge is 0.250 e. The largest absolute Gasteiger partial charge is 0.369 e. The highest BCUT2D eigenvalue weighted by Crippen LogP contribution is 2.36. The van der Waals surface area contributed by atoms with Crippen molar-refractivity contribution in [3.05, 3.63) is 24.3 Å². The van der Waals surface area contributed by atoms with Crippen LogP contribution in [0, 0.1) is 0 Å². The molecule has 0 aliphatic carbocycles. The SMILES string of the molecule is CCN1CCCCC1C(=O)N1CCC2(CC1)Nc1ccccc1NC2=O. The number of rotatable bonds is 2. The fraction of sp³-hybridized carbons (Fsp3) is 0.600. The van der Waals surface area contributed by atoms with Crippen molar-refractivity contribution >= 4 is 23.2 Å². The summed E-state index contributed by atoms with van der Waals surface area (Å²) in [5.41, 5.74) is 1.21. The lowest BCUT2D eigenvalue weighted by Gasteiger charge is -2.46. The number of carbonyl (C=O) groups is 2. The number of likely N-dealkylation sites (N-methyl/N-ethyl adjacent to an activating group) is 1. The standard InChI is InChI=1S/C20H28N4O2/c1-2-23-12-6-5-9-17(23)18(25)24-13-10-20(11-14-24)19(26)21-15-7-3-4-8-16(15)22-20/h3-4,7-8,17,22H,2,5-6,9-14H2,1H3,(H,21,26). The van der Waals surface area contributed by atoms with Gasteiger partial charge in [0.25, 0.3) is 0 Å². The molecule has 140 valence electrons. The van der Waals surface area contributed by atoms with Crippen LogP contribution in [0.3, 0.4) is 0 Å². The van der Waals surface area contributed by atoms with Gasteiger partial charge in [-0.25, -0.2) is 0 Å². The van der Waals surface area contributed by atoms with Crippen molar-refractivity contribution < 1.29 is 9.59 Å². The first-order chi connectivity index (χ1) is 12.6. The van der Waals surface area contributed by atoms with Crippen LogP contribution in [0.5, 0.6) is 0 Å². The van der Waals surface area contributed by atoms with Gasteiger partial charge in [0, 0.05) is 13.1 Å². The lowest BCUT2D eigenvalue weighted by Crippen LogP contribution is -2.61. The van der Waals surface area contributed by atoms with E-state index < -0.39 is 5.54 Å². The lowest BCUT2D eigenvalue weighted by molar-refractivity contribution is -0.141. The molecule has 0 radical (unpaired) electrons. The maximum Gasteiger partial charge on any atom is 0.250 e. The first kappa shape index (κ1) is 17.3. The Kier molecular flexibility index (Phi) is 4.61. The number of piperidine rings is 2. The van der Waals surface area contributed by atoms with Gasteiger partial charge in [0.1, 0.15) is 5.54 Å². The number of para-hydroxylation sites is 2. The molecule has 3 heterocycles. The molecule has 1 atom stereocenters. The molecule has 1 unspecified atom stereocenters. The van der Waals surface area contributed by atoms with Crippen LogP contribution >= 0.6 is 0 Å². The van der Waals surface area contributed by atoms with Crippen LogP contribution in [-0.2, 0) is 9.59 Å². The molecule has 3 aliphatic heterocycles. The molecule has 26 heavy (non-hydrogen) atoms. The highest BCUT2D eigenvalue weighted by Gasteiger charge is 2.45. The molecule has 1 spiro atoms. The van der Waals surface area contributed by atoms with Gasteiger partial charge < -0.3 is 15.5 Å². The van der Waals surface area contributed by atoms with Crippen molar-refractivity contribution in [3.63, 3.8) is 0 Å². The van der Waals surface area contributed by atoms with Gasteiger partial charge in [0.05, 0.1) is 17.4 Å². The molecule has 2 N–H and O–H groups in total. The Hall–Kier alpha value is -2.08. The fourth-order valence-electron chi connectivity index (χ4n) is 4.58. The van der Waals surface area contributed by atoms with Crippen LogP contribution in [0.4, 0.5) is 11.4 Å². The normalized spacial score (nSPS) is 25.3. The summed E-state index contributed by atoms with van der Waals surface area (Å²) in [6, 6.07) is 7.82. The van der Waals surface area contributed by atoms with Crippen molar-refractivity contribution in [1.82, 2.24) is 9.80 Å². The number of anilines is 2. The molecule has 6 nitrogen and oxygen atoms in total. The second kappa shape index (κ2) is 6.91. The number of nitrogens with one attached hydrogen (secondary N) is 2. The fourth-order valence-corrected chi connectivity index (χ4v) is 4.58. The number of nitrogens with zero attached hydrogens (tertiary/aromatic N) is 2. The monoisotopic (exact) mass is 356 g/mol. The van der Waals surface area contributed by atoms with E-state index in [0.717, 1.165) is 37.3 Å². The Morgan fingerprint density at radius 2 is 1.88 bits per heavy atom. The Morgan fingerprint density at radius 3 is 2.62 bits per heavy atom. The van der Waals surface area contributed by atoms with Crippen molar-refractivity contribution in [2.24, 2.45) is 0 Å². The summed E-state index contributed by atoms with van der Waals surface area (Å²) in [7, 11) is 0. The average Bonchev–Trinajstić information content (AvgIpc) is 2.69. The highest BCUT2D eigenvalue weighted by molar-refractivity contribution is 6.06. The number of hydrogen-bond donors (Lipinski definition) is 2. The van der Waals surface area contributed by atoms with E-state index in [1.165, 1.54) is 6.42 Å². The maximum atomic E-state index is 13.0. The third-order valence-corrected chi connectivity index (χ3v) is 6.22. The van der Waals surface area contributed by atoms with Crippen LogP contribution in [0.1, 0.15) is 39.0 Å². The van der Waals surface area contributed by atoms with Gasteiger partial charge in [-0.05, 0) is 50.9 Å². The Balaban J connectivity index is 1.44. The van der Waals surface area contributed by atoms with Crippen LogP contribution in [0.2, 0.25) is 0 Å². The summed E-state index contributed by atoms with van der Waals surface area (Å²) in [5, 5.41) is 6.49. The van der Waals surface area contributed by atoms with Gasteiger partial charge >= 0.3 is 0 Å². The second-order valence-electron chi connectivity index (χ2n) is 7.67. The molecular formula is C20H28N4O2. The Morgan fingerprint density at radius 1 is 1.15 bits per heavy atom. The first-order valence-corrected chi connectivity index (χ1v) is 9.84. The predicted molar refractivity (Wildman–Crippen MR) is 102 cm³/mol. The zero-order valence-electron chi connectivity index (χ0n) is 15.5. The summed E-state index contributed by atoms with van der Waals surface area (Å²) in [5.74, 6) is 0.272. The van der Waals surface area contributed by atoms with E-state index in [1.807, 2.05) is 29.2 Å². The van der Waals surface area contributed by atoms with E-state index in [0.29, 0.717) is 25.9 Å². The third-order valence-electron chi connectivity index (χ3n) is 6.22. The van der Waals surface area contributed by atoms with Gasteiger partial charge in [0.2, 0.25) is 11.8 Å². The minimum Gasteiger partial charge on any atom is -0.369 e. The van der Waals surface area contributed by atoms with Crippen LogP contribution < -0.4 is 10.6 Å². The average molecular weight is 356 g/mol. The lowest BCUT2D eigenvalue weighted by atomic mass is 9.84. The van der Waals surface area contributed by atoms with E-state index in [4.69, 9.17) is 0 Å². The molecule has 2 amide bonds. The molecule has 2 saturated heterocycles. The van der Waals surface area contributed by atoms with E-state index in [9.17, 15) is 9.59 Å². The van der Waals surface area contributed by atoms with Crippen molar-refractivity contribution in [1.29, 1.82) is 0 Å². The van der Waals surface area contributed by atoms with Gasteiger partial charge in [-0.1, -0.05) is 25.5 Å². The van der Waals surface area contributed by atoms with Crippen LogP contribution in [0.25, 0.3) is 0 Å². The molecular weight excluding hydrogens is 328 g/mol. The second-order valence-corrected chi connectivity index (χ2v) is 7.67. The van der Waals surface area contributed by atoms with E-state index >= 15 is 0 Å². The van der Waals surface area contributed by atoms with Gasteiger partial charge in [-0.2, -0.15) is 0 Å². The van der Waals surface area contributed by atoms with Crippen LogP contribution in [-0.4, -0.2) is 59.4 Å². The van der Waals surface area contributed by atoms with Crippen molar-refractivity contribution in [2.75, 3.05) is 36.8 Å². The Labute approximate surface area is 154 Å². The Bertz CT molecular complexity index is 697. The maximum absolute atomic E-state index is 13.0. The predicted octanol–water partition coefficient (Wildman–Crippen LogP) is 2.29. The number of likely N-dealkylation sites (tertiary alicyclic amines) is 2. The van der Waals surface area contributed by atoms with Crippen molar-refractivity contribution in [2.45, 2.75) is 50.6 Å². The summed E-state index contributed by atoms with van der Waals surface area (Å²) < 4.78 is 0. The highest BCUT2D eigenvalue weighted by atomic mass is 16.2. The zero-order valence-corrected chi connectivity index (χ0v) is 15.5. The first-order valence-electron chi connectivity index (χ1n) is 9.84. The van der Waals surface area contributed by atoms with Gasteiger partial charge in [-0.15, -0.1) is 0 Å². The molecule has 4 rings (SSSR count). The number of amides is 2. The molecule has 0 bridgehead atoms. The van der Waals surface area contributed by atoms with Crippen molar-refractivity contribution in [3.8, 4) is 0 Å². The summed E-state index contributed by atoms with van der Waals surface area (Å²) >= 11 is 0. The number of hydrogen-bond acceptors (Lipinski definition) is 4. The molecule has 0 saturated carbocycles. The van der Waals surface area contributed by atoms with E-state index in [-0.39, 0.29) is 17.9 Å². The summed E-state index contributed by atoms with van der Waals surface area (Å²) in [6.45, 7) is 5.34. The van der Waals surface area contributed by atoms with Crippen LogP contribution in [0.15, 0.2) is 24.3 Å². The quantitative estimate of drug-likeness (QED) is 0.853. The van der Waals surface area contributed by atoms with Gasteiger partial charge in [-0.3, -0.25) is 14.5 Å². The topological polar surface area (TPSA) is 64.7 Å². The molecule has 2 fully saturated rings. The minimum absolute atomic E-state index is 0.0242. The minimum atomic E-state index is -0.595. The van der Waals surface area contributed by atoms with E-state index in [2.05, 4.69) is 22.5 Å². The third kappa shape index (κ3) is 2.96. The molecule has 0 aromatic heterocycles. The molecule has 1 aromatic carbocycles. The number of carbonyl (C=O) groups excluding carboxylic acids is 2. The van der Waals surface area contributed by atoms with Gasteiger partial charge in [0.15, 0.2) is 0 Å². The molecule has 3 aliphatic rings. The number of benzene rings is 1. The number of fused-ring (bicyclic) bond motifs is 1. The molecule has 6 heteroatoms. The van der Waals surface area contributed by atoms with E-state index in [1.54, 1.807) is 0 Å². The zero-order chi connectivity index (χ0) is 18.1. The summed E-state index contributed by atoms with van der Waals surface area (Å²) in [4.78, 5) is 30.0.